The average molecular weight is 268 g/mol. The van der Waals surface area contributed by atoms with Crippen LogP contribution >= 0.6 is 0 Å². The maximum absolute atomic E-state index is 14.6. The Labute approximate surface area is 111 Å². The molecule has 5 nitrogen and oxygen atoms in total. The third kappa shape index (κ3) is 3.20. The minimum Gasteiger partial charge on any atom is -0.489 e. The van der Waals surface area contributed by atoms with Crippen molar-refractivity contribution in [1.29, 1.82) is 0 Å². The van der Waals surface area contributed by atoms with Crippen molar-refractivity contribution in [2.75, 3.05) is 20.2 Å². The highest BCUT2D eigenvalue weighted by Gasteiger charge is 2.37. The van der Waals surface area contributed by atoms with E-state index in [1.54, 1.807) is 11.9 Å². The highest BCUT2D eigenvalue weighted by Crippen LogP contribution is 2.29. The third-order valence-corrected chi connectivity index (χ3v) is 3.50. The first-order valence-corrected chi connectivity index (χ1v) is 6.29. The number of rotatable bonds is 4. The first-order valence-electron chi connectivity index (χ1n) is 6.29. The van der Waals surface area contributed by atoms with E-state index in [2.05, 4.69) is 0 Å². The number of benzene rings is 1. The number of ether oxygens (including phenoxy) is 1. The summed E-state index contributed by atoms with van der Waals surface area (Å²) in [7, 11) is 1.75. The molecule has 0 bridgehead atoms. The number of hydrogen-bond donors (Lipinski definition) is 0. The summed E-state index contributed by atoms with van der Waals surface area (Å²) in [6, 6.07) is 5.68. The third-order valence-electron chi connectivity index (χ3n) is 3.50. The molecule has 1 aliphatic heterocycles. The highest BCUT2D eigenvalue weighted by molar-refractivity contribution is 5.36. The SMILES string of the molecule is CN1CCCCC1(F)COc1ccc([N+](=O)[O-])cc1. The fourth-order valence-electron chi connectivity index (χ4n) is 2.18. The lowest BCUT2D eigenvalue weighted by atomic mass is 10.0. The van der Waals surface area contributed by atoms with Gasteiger partial charge in [0.25, 0.3) is 5.69 Å². The smallest absolute Gasteiger partial charge is 0.269 e. The monoisotopic (exact) mass is 268 g/mol. The van der Waals surface area contributed by atoms with E-state index in [9.17, 15) is 14.5 Å². The number of piperidine rings is 1. The zero-order chi connectivity index (χ0) is 13.9. The standard InChI is InChI=1S/C13H17FN2O3/c1-15-9-3-2-8-13(15,14)10-19-12-6-4-11(5-7-12)16(17)18/h4-7H,2-3,8-10H2,1H3. The van der Waals surface area contributed by atoms with Crippen LogP contribution in [-0.2, 0) is 0 Å². The lowest BCUT2D eigenvalue weighted by Crippen LogP contribution is -2.50. The van der Waals surface area contributed by atoms with Gasteiger partial charge in [0.1, 0.15) is 12.4 Å². The Hall–Kier alpha value is -1.69. The van der Waals surface area contributed by atoms with Crippen LogP contribution in [-0.4, -0.2) is 35.8 Å². The quantitative estimate of drug-likeness (QED) is 0.478. The Morgan fingerprint density at radius 2 is 2.11 bits per heavy atom. The molecule has 0 aliphatic carbocycles. The molecule has 6 heteroatoms. The van der Waals surface area contributed by atoms with Gasteiger partial charge in [-0.1, -0.05) is 0 Å². The van der Waals surface area contributed by atoms with E-state index < -0.39 is 10.7 Å². The molecule has 0 spiro atoms. The largest absolute Gasteiger partial charge is 0.489 e. The van der Waals surface area contributed by atoms with Crippen LogP contribution < -0.4 is 4.74 Å². The molecule has 1 atom stereocenters. The van der Waals surface area contributed by atoms with Crippen molar-refractivity contribution in [3.63, 3.8) is 0 Å². The van der Waals surface area contributed by atoms with Gasteiger partial charge in [0.2, 0.25) is 0 Å². The van der Waals surface area contributed by atoms with E-state index in [1.807, 2.05) is 0 Å². The fourth-order valence-corrected chi connectivity index (χ4v) is 2.18. The molecule has 2 rings (SSSR count). The summed E-state index contributed by atoms with van der Waals surface area (Å²) in [5.41, 5.74) is -0.00269. The number of halogens is 1. The number of nitrogens with zero attached hydrogens (tertiary/aromatic N) is 2. The molecule has 1 aliphatic rings. The van der Waals surface area contributed by atoms with Gasteiger partial charge in [-0.15, -0.1) is 0 Å². The molecular formula is C13H17FN2O3. The zero-order valence-corrected chi connectivity index (χ0v) is 10.8. The van der Waals surface area contributed by atoms with Gasteiger partial charge in [-0.05, 0) is 38.4 Å². The number of non-ortho nitro benzene ring substituents is 1. The predicted molar refractivity (Wildman–Crippen MR) is 68.9 cm³/mol. The van der Waals surface area contributed by atoms with Gasteiger partial charge >= 0.3 is 0 Å². The maximum Gasteiger partial charge on any atom is 0.269 e. The van der Waals surface area contributed by atoms with Crippen LogP contribution in [0.3, 0.4) is 0 Å². The molecule has 0 saturated carbocycles. The summed E-state index contributed by atoms with van der Waals surface area (Å²) < 4.78 is 20.0. The number of hydrogen-bond acceptors (Lipinski definition) is 4. The molecule has 1 aromatic rings. The first kappa shape index (κ1) is 13.7. The highest BCUT2D eigenvalue weighted by atomic mass is 19.1. The van der Waals surface area contributed by atoms with Crippen LogP contribution in [0, 0.1) is 10.1 Å². The Balaban J connectivity index is 1.96. The molecule has 1 aromatic carbocycles. The number of nitro groups is 1. The van der Waals surface area contributed by atoms with Crippen molar-refractivity contribution in [1.82, 2.24) is 4.90 Å². The van der Waals surface area contributed by atoms with E-state index in [1.165, 1.54) is 24.3 Å². The molecule has 0 amide bonds. The van der Waals surface area contributed by atoms with E-state index in [-0.39, 0.29) is 12.3 Å². The Morgan fingerprint density at radius 3 is 2.68 bits per heavy atom. The van der Waals surface area contributed by atoms with E-state index >= 15 is 0 Å². The fraction of sp³-hybridized carbons (Fsp3) is 0.538. The second kappa shape index (κ2) is 5.52. The molecule has 1 unspecified atom stereocenters. The number of likely N-dealkylation sites (tertiary alicyclic amines) is 1. The van der Waals surface area contributed by atoms with Gasteiger partial charge in [0.05, 0.1) is 4.92 Å². The van der Waals surface area contributed by atoms with Crippen molar-refractivity contribution in [3.8, 4) is 5.75 Å². The minimum atomic E-state index is -1.44. The summed E-state index contributed by atoms with van der Waals surface area (Å²) in [6.07, 6.45) is 2.31. The zero-order valence-electron chi connectivity index (χ0n) is 10.8. The molecule has 1 saturated heterocycles. The van der Waals surface area contributed by atoms with Crippen molar-refractivity contribution in [3.05, 3.63) is 34.4 Å². The van der Waals surface area contributed by atoms with Crippen molar-refractivity contribution >= 4 is 5.69 Å². The lowest BCUT2D eigenvalue weighted by Gasteiger charge is -2.38. The van der Waals surface area contributed by atoms with Gasteiger partial charge in [-0.3, -0.25) is 15.0 Å². The molecule has 0 radical (unpaired) electrons. The number of likely N-dealkylation sites (N-methyl/N-ethyl adjacent to an activating group) is 1. The van der Waals surface area contributed by atoms with Crippen molar-refractivity contribution in [2.45, 2.75) is 25.1 Å². The van der Waals surface area contributed by atoms with E-state index in [0.717, 1.165) is 19.4 Å². The molecule has 104 valence electrons. The van der Waals surface area contributed by atoms with Crippen LogP contribution in [0.4, 0.5) is 10.1 Å². The van der Waals surface area contributed by atoms with Gasteiger partial charge in [-0.2, -0.15) is 0 Å². The van der Waals surface area contributed by atoms with Gasteiger partial charge in [-0.25, -0.2) is 4.39 Å². The first-order chi connectivity index (χ1) is 9.01. The molecule has 1 fully saturated rings. The Morgan fingerprint density at radius 1 is 1.42 bits per heavy atom. The average Bonchev–Trinajstić information content (AvgIpc) is 2.41. The van der Waals surface area contributed by atoms with Crippen molar-refractivity contribution < 1.29 is 14.1 Å². The minimum absolute atomic E-state index is 0.00269. The summed E-state index contributed by atoms with van der Waals surface area (Å²) in [6.45, 7) is 0.668. The van der Waals surface area contributed by atoms with Crippen LogP contribution in [0.5, 0.6) is 5.75 Å². The van der Waals surface area contributed by atoms with Crippen LogP contribution in [0.1, 0.15) is 19.3 Å². The van der Waals surface area contributed by atoms with Crippen LogP contribution in [0.2, 0.25) is 0 Å². The van der Waals surface area contributed by atoms with Gasteiger partial charge < -0.3 is 4.74 Å². The Bertz CT molecular complexity index is 452. The molecule has 1 heterocycles. The number of nitro benzene ring substituents is 1. The van der Waals surface area contributed by atoms with E-state index in [0.29, 0.717) is 12.2 Å². The normalized spacial score (nSPS) is 24.1. The van der Waals surface area contributed by atoms with E-state index in [4.69, 9.17) is 4.74 Å². The lowest BCUT2D eigenvalue weighted by molar-refractivity contribution is -0.384. The maximum atomic E-state index is 14.6. The summed E-state index contributed by atoms with van der Waals surface area (Å²) in [5, 5.41) is 10.5. The van der Waals surface area contributed by atoms with Crippen LogP contribution in [0.25, 0.3) is 0 Å². The Kier molecular flexibility index (Phi) is 3.99. The molecular weight excluding hydrogens is 251 g/mol. The topological polar surface area (TPSA) is 55.6 Å². The predicted octanol–water partition coefficient (Wildman–Crippen LogP) is 2.76. The van der Waals surface area contributed by atoms with Gasteiger partial charge in [0.15, 0.2) is 5.79 Å². The van der Waals surface area contributed by atoms with Gasteiger partial charge in [0, 0.05) is 18.7 Å². The second-order valence-electron chi connectivity index (χ2n) is 4.84. The summed E-state index contributed by atoms with van der Waals surface area (Å²) >= 11 is 0. The molecule has 0 aromatic heterocycles. The summed E-state index contributed by atoms with van der Waals surface area (Å²) in [5.74, 6) is -0.998. The summed E-state index contributed by atoms with van der Waals surface area (Å²) in [4.78, 5) is 11.7. The molecule has 19 heavy (non-hydrogen) atoms. The molecule has 0 N–H and O–H groups in total. The number of alkyl halides is 1. The van der Waals surface area contributed by atoms with Crippen molar-refractivity contribution in [2.24, 2.45) is 0 Å². The van der Waals surface area contributed by atoms with Crippen LogP contribution in [0.15, 0.2) is 24.3 Å². The second-order valence-corrected chi connectivity index (χ2v) is 4.84.